The molecule has 2 aromatic carbocycles. The number of hydrogen-bond acceptors (Lipinski definition) is 3. The van der Waals surface area contributed by atoms with Gasteiger partial charge in [0.25, 0.3) is 0 Å². The van der Waals surface area contributed by atoms with Crippen LogP contribution in [0.5, 0.6) is 0 Å². The van der Waals surface area contributed by atoms with Crippen LogP contribution in [0.4, 0.5) is 13.6 Å². The molecule has 0 spiro atoms. The van der Waals surface area contributed by atoms with Gasteiger partial charge in [-0.1, -0.05) is 24.3 Å². The molecule has 112 valence electrons. The first-order chi connectivity index (χ1) is 10.6. The smallest absolute Gasteiger partial charge is 0.245 e. The lowest BCUT2D eigenvalue weighted by atomic mass is 10.2. The molecule has 0 aliphatic carbocycles. The van der Waals surface area contributed by atoms with Crippen LogP contribution in [0, 0.1) is 11.6 Å². The third-order valence-electron chi connectivity index (χ3n) is 2.50. The van der Waals surface area contributed by atoms with Gasteiger partial charge in [-0.05, 0) is 35.4 Å². The van der Waals surface area contributed by atoms with Gasteiger partial charge < -0.3 is 0 Å². The van der Waals surface area contributed by atoms with Gasteiger partial charge in [0.1, 0.15) is 11.6 Å². The standard InChI is InChI=1S/C15H12F2N4O/c16-13-5-1-11(2-6-13)9-18-20-15(22)21-19-10-12-3-7-14(17)8-4-12/h1-10H,(H2,20,21,22). The second kappa shape index (κ2) is 7.63. The first-order valence-corrected chi connectivity index (χ1v) is 6.27. The molecular formula is C15H12F2N4O. The maximum atomic E-state index is 12.7. The number of benzene rings is 2. The van der Waals surface area contributed by atoms with Crippen LogP contribution in [0.25, 0.3) is 0 Å². The number of carbonyl (C=O) groups is 1. The molecule has 0 aliphatic rings. The highest BCUT2D eigenvalue weighted by molar-refractivity contribution is 5.83. The molecule has 2 rings (SSSR count). The van der Waals surface area contributed by atoms with Gasteiger partial charge in [-0.3, -0.25) is 0 Å². The molecule has 0 heterocycles. The van der Waals surface area contributed by atoms with Gasteiger partial charge in [0, 0.05) is 0 Å². The Morgan fingerprint density at radius 1 is 0.773 bits per heavy atom. The van der Waals surface area contributed by atoms with Crippen molar-refractivity contribution >= 4 is 18.5 Å². The normalized spacial score (nSPS) is 11.0. The lowest BCUT2D eigenvalue weighted by Gasteiger charge is -1.98. The zero-order chi connectivity index (χ0) is 15.8. The third kappa shape index (κ3) is 5.12. The number of amides is 2. The zero-order valence-corrected chi connectivity index (χ0v) is 11.3. The molecule has 0 saturated heterocycles. The van der Waals surface area contributed by atoms with E-state index in [0.717, 1.165) is 0 Å². The molecular weight excluding hydrogens is 290 g/mol. The molecule has 0 aromatic heterocycles. The van der Waals surface area contributed by atoms with Crippen LogP contribution >= 0.6 is 0 Å². The van der Waals surface area contributed by atoms with Crippen LogP contribution in [0.2, 0.25) is 0 Å². The Hall–Kier alpha value is -3.09. The van der Waals surface area contributed by atoms with Crippen LogP contribution in [0.1, 0.15) is 11.1 Å². The van der Waals surface area contributed by atoms with Crippen molar-refractivity contribution in [1.82, 2.24) is 10.9 Å². The van der Waals surface area contributed by atoms with Gasteiger partial charge in [0.15, 0.2) is 0 Å². The summed E-state index contributed by atoms with van der Waals surface area (Å²) < 4.78 is 25.4. The molecule has 0 unspecified atom stereocenters. The van der Waals surface area contributed by atoms with Crippen LogP contribution in [0.15, 0.2) is 58.7 Å². The van der Waals surface area contributed by atoms with Crippen LogP contribution in [-0.4, -0.2) is 18.5 Å². The summed E-state index contributed by atoms with van der Waals surface area (Å²) in [7, 11) is 0. The molecule has 5 nitrogen and oxygen atoms in total. The van der Waals surface area contributed by atoms with E-state index in [2.05, 4.69) is 21.1 Å². The molecule has 0 radical (unpaired) electrons. The minimum Gasteiger partial charge on any atom is -0.245 e. The molecule has 0 atom stereocenters. The average Bonchev–Trinajstić information content (AvgIpc) is 2.51. The Balaban J connectivity index is 1.78. The number of carbonyl (C=O) groups excluding carboxylic acids is 1. The van der Waals surface area contributed by atoms with Gasteiger partial charge in [-0.15, -0.1) is 0 Å². The zero-order valence-electron chi connectivity index (χ0n) is 11.3. The number of nitrogens with one attached hydrogen (secondary N) is 2. The van der Waals surface area contributed by atoms with E-state index in [0.29, 0.717) is 11.1 Å². The predicted molar refractivity (Wildman–Crippen MR) is 79.7 cm³/mol. The maximum absolute atomic E-state index is 12.7. The van der Waals surface area contributed by atoms with Crippen LogP contribution < -0.4 is 10.9 Å². The Kier molecular flexibility index (Phi) is 5.31. The fourth-order valence-corrected chi connectivity index (χ4v) is 1.45. The molecule has 2 N–H and O–H groups in total. The van der Waals surface area contributed by atoms with Crippen molar-refractivity contribution < 1.29 is 13.6 Å². The maximum Gasteiger partial charge on any atom is 0.355 e. The van der Waals surface area contributed by atoms with Crippen molar-refractivity contribution in [3.05, 3.63) is 71.3 Å². The summed E-state index contributed by atoms with van der Waals surface area (Å²) in [6, 6.07) is 10.6. The van der Waals surface area contributed by atoms with E-state index in [-0.39, 0.29) is 11.6 Å². The van der Waals surface area contributed by atoms with Crippen molar-refractivity contribution in [3.63, 3.8) is 0 Å². The first kappa shape index (κ1) is 15.3. The number of rotatable bonds is 4. The Labute approximate surface area is 125 Å². The van der Waals surface area contributed by atoms with E-state index >= 15 is 0 Å². The first-order valence-electron chi connectivity index (χ1n) is 6.27. The summed E-state index contributed by atoms with van der Waals surface area (Å²) in [6.07, 6.45) is 2.73. The molecule has 0 saturated carbocycles. The van der Waals surface area contributed by atoms with Gasteiger partial charge in [0.05, 0.1) is 12.4 Å². The predicted octanol–water partition coefficient (Wildman–Crippen LogP) is 2.63. The van der Waals surface area contributed by atoms with E-state index in [1.54, 1.807) is 0 Å². The highest BCUT2D eigenvalue weighted by Gasteiger charge is 1.95. The lowest BCUT2D eigenvalue weighted by Crippen LogP contribution is -2.28. The highest BCUT2D eigenvalue weighted by atomic mass is 19.1. The highest BCUT2D eigenvalue weighted by Crippen LogP contribution is 2.00. The van der Waals surface area contributed by atoms with Gasteiger partial charge in [-0.2, -0.15) is 10.2 Å². The summed E-state index contributed by atoms with van der Waals surface area (Å²) in [4.78, 5) is 11.4. The van der Waals surface area contributed by atoms with Crippen molar-refractivity contribution in [2.45, 2.75) is 0 Å². The van der Waals surface area contributed by atoms with Crippen LogP contribution in [-0.2, 0) is 0 Å². The largest absolute Gasteiger partial charge is 0.355 e. The minimum absolute atomic E-state index is 0.349. The number of hydrogen-bond donors (Lipinski definition) is 2. The lowest BCUT2D eigenvalue weighted by molar-refractivity contribution is 0.242. The van der Waals surface area contributed by atoms with Crippen molar-refractivity contribution in [2.24, 2.45) is 10.2 Å². The molecule has 0 aliphatic heterocycles. The number of halogens is 2. The second-order valence-electron chi connectivity index (χ2n) is 4.17. The molecule has 0 bridgehead atoms. The van der Waals surface area contributed by atoms with E-state index in [1.165, 1.54) is 61.0 Å². The Bertz CT molecular complexity index is 622. The van der Waals surface area contributed by atoms with E-state index < -0.39 is 6.03 Å². The van der Waals surface area contributed by atoms with E-state index in [4.69, 9.17) is 0 Å². The third-order valence-corrected chi connectivity index (χ3v) is 2.50. The van der Waals surface area contributed by atoms with Gasteiger partial charge >= 0.3 is 6.03 Å². The van der Waals surface area contributed by atoms with Crippen molar-refractivity contribution in [1.29, 1.82) is 0 Å². The topological polar surface area (TPSA) is 65.8 Å². The summed E-state index contributed by atoms with van der Waals surface area (Å²) in [5, 5.41) is 7.35. The van der Waals surface area contributed by atoms with Gasteiger partial charge in [-0.25, -0.2) is 24.4 Å². The molecule has 2 amide bonds. The molecule has 2 aromatic rings. The fourth-order valence-electron chi connectivity index (χ4n) is 1.45. The second-order valence-corrected chi connectivity index (χ2v) is 4.17. The summed E-state index contributed by atoms with van der Waals surface area (Å²) in [5.41, 5.74) is 5.66. The van der Waals surface area contributed by atoms with Gasteiger partial charge in [0.2, 0.25) is 0 Å². The fraction of sp³-hybridized carbons (Fsp3) is 0. The Morgan fingerprint density at radius 2 is 1.14 bits per heavy atom. The quantitative estimate of drug-likeness (QED) is 0.662. The summed E-state index contributed by atoms with van der Waals surface area (Å²) in [5.74, 6) is -0.698. The Morgan fingerprint density at radius 3 is 1.50 bits per heavy atom. The molecule has 22 heavy (non-hydrogen) atoms. The minimum atomic E-state index is -0.642. The van der Waals surface area contributed by atoms with Crippen LogP contribution in [0.3, 0.4) is 0 Å². The summed E-state index contributed by atoms with van der Waals surface area (Å²) >= 11 is 0. The number of hydrazone groups is 2. The number of nitrogens with zero attached hydrogens (tertiary/aromatic N) is 2. The van der Waals surface area contributed by atoms with E-state index in [1.807, 2.05) is 0 Å². The van der Waals surface area contributed by atoms with Crippen molar-refractivity contribution in [3.8, 4) is 0 Å². The monoisotopic (exact) mass is 302 g/mol. The molecule has 7 heteroatoms. The van der Waals surface area contributed by atoms with Crippen molar-refractivity contribution in [2.75, 3.05) is 0 Å². The number of urea groups is 1. The average molecular weight is 302 g/mol. The SMILES string of the molecule is O=C(NN=Cc1ccc(F)cc1)NN=Cc1ccc(F)cc1. The summed E-state index contributed by atoms with van der Waals surface area (Å²) in [6.45, 7) is 0. The van der Waals surface area contributed by atoms with E-state index in [9.17, 15) is 13.6 Å². The molecule has 0 fully saturated rings.